The lowest BCUT2D eigenvalue weighted by Gasteiger charge is -2.19. The maximum Gasteiger partial charge on any atom is 0.272 e. The van der Waals surface area contributed by atoms with Gasteiger partial charge in [0.25, 0.3) is 5.91 Å². The highest BCUT2D eigenvalue weighted by molar-refractivity contribution is 7.80. The van der Waals surface area contributed by atoms with Crippen molar-refractivity contribution < 1.29 is 4.79 Å². The van der Waals surface area contributed by atoms with Gasteiger partial charge in [-0.3, -0.25) is 9.48 Å². The average Bonchev–Trinajstić information content (AvgIpc) is 2.86. The van der Waals surface area contributed by atoms with Crippen LogP contribution < -0.4 is 11.1 Å². The molecule has 5 nitrogen and oxygen atoms in total. The summed E-state index contributed by atoms with van der Waals surface area (Å²) in [5.74, 6) is -0.0311. The van der Waals surface area contributed by atoms with Gasteiger partial charge in [0.15, 0.2) is 0 Å². The molecule has 0 saturated heterocycles. The maximum absolute atomic E-state index is 11.9. The van der Waals surface area contributed by atoms with Crippen LogP contribution in [0.3, 0.4) is 0 Å². The first-order valence-corrected chi connectivity index (χ1v) is 6.08. The molecule has 0 aromatic carbocycles. The van der Waals surface area contributed by atoms with Gasteiger partial charge in [-0.25, -0.2) is 0 Å². The minimum absolute atomic E-state index is 0.0574. The van der Waals surface area contributed by atoms with Crippen LogP contribution in [0.2, 0.25) is 0 Å². The Morgan fingerprint density at radius 2 is 2.41 bits per heavy atom. The Bertz CT molecular complexity index is 442. The SMILES string of the molecule is Cn1ccc(C(=O)NC2CCCC2C(N)=S)n1. The van der Waals surface area contributed by atoms with Crippen molar-refractivity contribution in [3.05, 3.63) is 18.0 Å². The normalized spacial score (nSPS) is 23.6. The number of aromatic nitrogens is 2. The number of nitrogens with zero attached hydrogens (tertiary/aromatic N) is 2. The second-order valence-electron chi connectivity index (χ2n) is 4.39. The lowest BCUT2D eigenvalue weighted by molar-refractivity contribution is 0.0928. The molecule has 1 fully saturated rings. The zero-order valence-corrected chi connectivity index (χ0v) is 10.5. The molecule has 2 rings (SSSR count). The van der Waals surface area contributed by atoms with E-state index in [-0.39, 0.29) is 17.9 Å². The molecular formula is C11H16N4OS. The minimum atomic E-state index is -0.154. The van der Waals surface area contributed by atoms with E-state index >= 15 is 0 Å². The number of rotatable bonds is 3. The summed E-state index contributed by atoms with van der Waals surface area (Å²) in [6.07, 6.45) is 4.69. The summed E-state index contributed by atoms with van der Waals surface area (Å²) >= 11 is 5.01. The van der Waals surface area contributed by atoms with Crippen LogP contribution in [-0.2, 0) is 7.05 Å². The van der Waals surface area contributed by atoms with Gasteiger partial charge < -0.3 is 11.1 Å². The number of amides is 1. The van der Waals surface area contributed by atoms with Gasteiger partial charge >= 0.3 is 0 Å². The Labute approximate surface area is 105 Å². The van der Waals surface area contributed by atoms with Gasteiger partial charge in [0.1, 0.15) is 5.69 Å². The number of carbonyl (C=O) groups is 1. The summed E-state index contributed by atoms with van der Waals surface area (Å²) in [6, 6.07) is 1.75. The van der Waals surface area contributed by atoms with E-state index in [0.717, 1.165) is 19.3 Å². The monoisotopic (exact) mass is 252 g/mol. The molecule has 0 bridgehead atoms. The second-order valence-corrected chi connectivity index (χ2v) is 4.87. The third-order valence-corrected chi connectivity index (χ3v) is 3.45. The molecule has 3 N–H and O–H groups in total. The Morgan fingerprint density at radius 1 is 1.65 bits per heavy atom. The van der Waals surface area contributed by atoms with Crippen LogP contribution in [0.1, 0.15) is 29.8 Å². The first-order valence-electron chi connectivity index (χ1n) is 5.68. The van der Waals surface area contributed by atoms with Gasteiger partial charge in [0.05, 0.1) is 4.99 Å². The molecule has 92 valence electrons. The predicted molar refractivity (Wildman–Crippen MR) is 68.6 cm³/mol. The van der Waals surface area contributed by atoms with Crippen LogP contribution >= 0.6 is 12.2 Å². The van der Waals surface area contributed by atoms with Gasteiger partial charge in [-0.2, -0.15) is 5.10 Å². The van der Waals surface area contributed by atoms with E-state index in [0.29, 0.717) is 10.7 Å². The molecule has 2 atom stereocenters. The fourth-order valence-corrected chi connectivity index (χ4v) is 2.53. The van der Waals surface area contributed by atoms with Crippen molar-refractivity contribution in [2.24, 2.45) is 18.7 Å². The number of nitrogens with one attached hydrogen (secondary N) is 1. The van der Waals surface area contributed by atoms with Gasteiger partial charge in [-0.1, -0.05) is 18.6 Å². The molecule has 1 aliphatic carbocycles. The highest BCUT2D eigenvalue weighted by Gasteiger charge is 2.30. The third-order valence-electron chi connectivity index (χ3n) is 3.14. The lowest BCUT2D eigenvalue weighted by Crippen LogP contribution is -2.41. The van der Waals surface area contributed by atoms with E-state index in [1.165, 1.54) is 0 Å². The Hall–Kier alpha value is -1.43. The zero-order chi connectivity index (χ0) is 12.4. The van der Waals surface area contributed by atoms with Gasteiger partial charge in [-0.05, 0) is 18.9 Å². The van der Waals surface area contributed by atoms with Crippen molar-refractivity contribution in [2.45, 2.75) is 25.3 Å². The Morgan fingerprint density at radius 3 is 3.00 bits per heavy atom. The van der Waals surface area contributed by atoms with E-state index in [2.05, 4.69) is 10.4 Å². The number of hydrogen-bond acceptors (Lipinski definition) is 3. The van der Waals surface area contributed by atoms with E-state index in [1.807, 2.05) is 0 Å². The number of carbonyl (C=O) groups excluding carboxylic acids is 1. The topological polar surface area (TPSA) is 72.9 Å². The van der Waals surface area contributed by atoms with E-state index in [9.17, 15) is 4.79 Å². The largest absolute Gasteiger partial charge is 0.393 e. The fourth-order valence-electron chi connectivity index (χ4n) is 2.25. The van der Waals surface area contributed by atoms with E-state index in [4.69, 9.17) is 18.0 Å². The van der Waals surface area contributed by atoms with Crippen LogP contribution in [0.5, 0.6) is 0 Å². The molecule has 1 aliphatic rings. The number of nitrogens with two attached hydrogens (primary N) is 1. The Balaban J connectivity index is 2.01. The second kappa shape index (κ2) is 4.83. The molecule has 0 aliphatic heterocycles. The molecule has 1 heterocycles. The molecular weight excluding hydrogens is 236 g/mol. The van der Waals surface area contributed by atoms with Gasteiger partial charge in [0, 0.05) is 25.2 Å². The molecule has 0 radical (unpaired) electrons. The summed E-state index contributed by atoms with van der Waals surface area (Å²) < 4.78 is 1.61. The Kier molecular flexibility index (Phi) is 3.42. The minimum Gasteiger partial charge on any atom is -0.393 e. The van der Waals surface area contributed by atoms with E-state index < -0.39 is 0 Å². The lowest BCUT2D eigenvalue weighted by atomic mass is 10.0. The van der Waals surface area contributed by atoms with Crippen LogP contribution in [-0.4, -0.2) is 26.7 Å². The molecule has 1 aromatic rings. The van der Waals surface area contributed by atoms with Crippen LogP contribution in [0.15, 0.2) is 12.3 Å². The van der Waals surface area contributed by atoms with Gasteiger partial charge in [0.2, 0.25) is 0 Å². The summed E-state index contributed by atoms with van der Waals surface area (Å²) in [4.78, 5) is 12.4. The average molecular weight is 252 g/mol. The van der Waals surface area contributed by atoms with Crippen molar-refractivity contribution in [3.63, 3.8) is 0 Å². The highest BCUT2D eigenvalue weighted by atomic mass is 32.1. The zero-order valence-electron chi connectivity index (χ0n) is 9.72. The number of thiocarbonyl (C=S) groups is 1. The standard InChI is InChI=1S/C11H16N4OS/c1-15-6-5-9(14-15)11(16)13-8-4-2-3-7(8)10(12)17/h5-8H,2-4H2,1H3,(H2,12,17)(H,13,16). The predicted octanol–water partition coefficient (Wildman–Crippen LogP) is 0.605. The quantitative estimate of drug-likeness (QED) is 0.773. The third kappa shape index (κ3) is 2.63. The van der Waals surface area contributed by atoms with Crippen molar-refractivity contribution in [1.29, 1.82) is 0 Å². The van der Waals surface area contributed by atoms with Crippen LogP contribution in [0, 0.1) is 5.92 Å². The molecule has 1 saturated carbocycles. The summed E-state index contributed by atoms with van der Waals surface area (Å²) in [6.45, 7) is 0. The number of hydrogen-bond donors (Lipinski definition) is 2. The fraction of sp³-hybridized carbons (Fsp3) is 0.545. The molecule has 1 amide bonds. The smallest absolute Gasteiger partial charge is 0.272 e. The summed E-state index contributed by atoms with van der Waals surface area (Å²) in [5, 5.41) is 7.02. The van der Waals surface area contributed by atoms with Crippen molar-refractivity contribution in [1.82, 2.24) is 15.1 Å². The van der Waals surface area contributed by atoms with Crippen molar-refractivity contribution >= 4 is 23.1 Å². The molecule has 17 heavy (non-hydrogen) atoms. The van der Waals surface area contributed by atoms with Crippen LogP contribution in [0.4, 0.5) is 0 Å². The first kappa shape index (κ1) is 12.0. The van der Waals surface area contributed by atoms with Crippen molar-refractivity contribution in [3.8, 4) is 0 Å². The summed E-state index contributed by atoms with van der Waals surface area (Å²) in [5.41, 5.74) is 6.10. The molecule has 6 heteroatoms. The molecule has 0 spiro atoms. The van der Waals surface area contributed by atoms with E-state index in [1.54, 1.807) is 24.0 Å². The summed E-state index contributed by atoms with van der Waals surface area (Å²) in [7, 11) is 1.78. The maximum atomic E-state index is 11.9. The van der Waals surface area contributed by atoms with Crippen LogP contribution in [0.25, 0.3) is 0 Å². The van der Waals surface area contributed by atoms with Gasteiger partial charge in [-0.15, -0.1) is 0 Å². The number of aryl methyl sites for hydroxylation is 1. The van der Waals surface area contributed by atoms with Crippen molar-refractivity contribution in [2.75, 3.05) is 0 Å². The first-order chi connectivity index (χ1) is 8.08. The highest BCUT2D eigenvalue weighted by Crippen LogP contribution is 2.26. The molecule has 2 unspecified atom stereocenters. The molecule has 1 aromatic heterocycles.